The molecule has 2 bridgehead atoms. The SMILES string of the molecule is O=C1C(Cl)(Cl)C2(Cl)CC1(Cl)C1(Cl)C(=O)N(Nc3ccc([N+](=O)[O-])cc3[N+](=O)[O-])C(Cl)=C21. The smallest absolute Gasteiger partial charge is 0.294 e. The summed E-state index contributed by atoms with van der Waals surface area (Å²) in [4.78, 5) is 40.2. The van der Waals surface area contributed by atoms with E-state index in [2.05, 4.69) is 5.43 Å². The fourth-order valence-electron chi connectivity index (χ4n) is 3.99. The zero-order chi connectivity index (χ0) is 23.3. The molecule has 2 saturated carbocycles. The molecule has 1 aromatic rings. The summed E-state index contributed by atoms with van der Waals surface area (Å²) in [5, 5.41) is 22.5. The molecule has 16 heteroatoms. The molecule has 3 unspecified atom stereocenters. The molecule has 1 heterocycles. The molecule has 31 heavy (non-hydrogen) atoms. The predicted molar refractivity (Wildman–Crippen MR) is 113 cm³/mol. The average Bonchev–Trinajstić information content (AvgIpc) is 3.06. The Morgan fingerprint density at radius 2 is 1.61 bits per heavy atom. The minimum absolute atomic E-state index is 0.230. The summed E-state index contributed by atoms with van der Waals surface area (Å²) < 4.78 is -2.25. The summed E-state index contributed by atoms with van der Waals surface area (Å²) in [6.07, 6.45) is -0.388. The van der Waals surface area contributed by atoms with Gasteiger partial charge in [-0.25, -0.2) is 5.01 Å². The van der Waals surface area contributed by atoms with Gasteiger partial charge in [-0.2, -0.15) is 0 Å². The third-order valence-corrected chi connectivity index (χ3v) is 8.94. The van der Waals surface area contributed by atoms with Crippen LogP contribution in [0.2, 0.25) is 0 Å². The number of alkyl halides is 5. The van der Waals surface area contributed by atoms with Crippen molar-refractivity contribution in [3.8, 4) is 0 Å². The number of amides is 1. The van der Waals surface area contributed by atoms with Crippen molar-refractivity contribution in [1.82, 2.24) is 5.01 Å². The summed E-state index contributed by atoms with van der Waals surface area (Å²) in [5.74, 6) is -2.05. The van der Waals surface area contributed by atoms with Crippen molar-refractivity contribution in [2.75, 3.05) is 5.43 Å². The lowest BCUT2D eigenvalue weighted by atomic mass is 9.82. The molecule has 1 aliphatic heterocycles. The highest BCUT2D eigenvalue weighted by molar-refractivity contribution is 6.72. The lowest BCUT2D eigenvalue weighted by Gasteiger charge is -2.39. The van der Waals surface area contributed by atoms with Crippen LogP contribution in [0.25, 0.3) is 0 Å². The Kier molecular flexibility index (Phi) is 4.74. The molecule has 0 aromatic heterocycles. The van der Waals surface area contributed by atoms with Gasteiger partial charge in [-0.15, -0.1) is 34.8 Å². The maximum atomic E-state index is 13.2. The molecule has 10 nitrogen and oxygen atoms in total. The van der Waals surface area contributed by atoms with E-state index in [-0.39, 0.29) is 17.7 Å². The van der Waals surface area contributed by atoms with E-state index in [1.54, 1.807) is 0 Å². The summed E-state index contributed by atoms with van der Waals surface area (Å²) >= 11 is 38.2. The number of nitrogens with zero attached hydrogens (tertiary/aromatic N) is 3. The molecule has 1 N–H and O–H groups in total. The molecule has 0 radical (unpaired) electrons. The summed E-state index contributed by atoms with van der Waals surface area (Å²) in [5.41, 5.74) is 0.527. The standard InChI is InChI=1S/C15H6Cl6N4O6/c16-9-8-12(17)4-13(18,10(26)15(12,20)21)14(8,19)11(27)23(9)22-6-2-1-5(24(28)29)3-7(6)25(30)31/h1-3,22H,4H2. The third-order valence-electron chi connectivity index (χ3n) is 5.44. The van der Waals surface area contributed by atoms with Gasteiger partial charge in [0.05, 0.1) is 15.9 Å². The van der Waals surface area contributed by atoms with Gasteiger partial charge in [-0.05, 0) is 6.07 Å². The Morgan fingerprint density at radius 3 is 2.16 bits per heavy atom. The van der Waals surface area contributed by atoms with Gasteiger partial charge in [0.15, 0.2) is 10.7 Å². The first-order chi connectivity index (χ1) is 14.1. The second-order valence-electron chi connectivity index (χ2n) is 6.97. The Hall–Kier alpha value is -1.56. The van der Waals surface area contributed by atoms with Gasteiger partial charge >= 0.3 is 5.69 Å². The van der Waals surface area contributed by atoms with E-state index in [4.69, 9.17) is 69.6 Å². The van der Waals surface area contributed by atoms with E-state index in [1.165, 1.54) is 0 Å². The van der Waals surface area contributed by atoms with Crippen molar-refractivity contribution in [2.24, 2.45) is 0 Å². The number of hydrogen-bond donors (Lipinski definition) is 1. The van der Waals surface area contributed by atoms with Crippen molar-refractivity contribution in [2.45, 2.75) is 25.4 Å². The third kappa shape index (κ3) is 2.49. The van der Waals surface area contributed by atoms with Crippen LogP contribution in [0.5, 0.6) is 0 Å². The van der Waals surface area contributed by atoms with Crippen molar-refractivity contribution < 1.29 is 19.4 Å². The summed E-state index contributed by atoms with van der Waals surface area (Å²) in [6.45, 7) is 0. The number of anilines is 1. The number of nitro benzene ring substituents is 2. The molecule has 4 rings (SSSR count). The van der Waals surface area contributed by atoms with Crippen LogP contribution >= 0.6 is 69.6 Å². The number of non-ortho nitro benzene ring substituents is 1. The Morgan fingerprint density at radius 1 is 1.00 bits per heavy atom. The molecule has 3 aliphatic rings. The van der Waals surface area contributed by atoms with Crippen LogP contribution in [-0.2, 0) is 9.59 Å². The number of hydrazine groups is 1. The van der Waals surface area contributed by atoms with Crippen LogP contribution in [0.15, 0.2) is 28.9 Å². The number of Topliss-reactive ketones (excluding diaryl/α,β-unsaturated/α-hetero) is 1. The van der Waals surface area contributed by atoms with E-state index in [9.17, 15) is 29.8 Å². The molecule has 0 spiro atoms. The summed E-state index contributed by atoms with van der Waals surface area (Å²) in [6, 6.07) is 2.65. The number of hydrogen-bond acceptors (Lipinski definition) is 7. The van der Waals surface area contributed by atoms with E-state index in [0.717, 1.165) is 12.1 Å². The van der Waals surface area contributed by atoms with E-state index < -0.39 is 57.0 Å². The molecule has 3 atom stereocenters. The van der Waals surface area contributed by atoms with Crippen molar-refractivity contribution in [1.29, 1.82) is 0 Å². The first-order valence-electron chi connectivity index (χ1n) is 8.09. The molecular formula is C15H6Cl6N4O6. The lowest BCUT2D eigenvalue weighted by Crippen LogP contribution is -2.61. The van der Waals surface area contributed by atoms with Gasteiger partial charge in [-0.1, -0.05) is 34.8 Å². The van der Waals surface area contributed by atoms with Crippen LogP contribution in [0.3, 0.4) is 0 Å². The molecule has 2 fully saturated rings. The van der Waals surface area contributed by atoms with Crippen LogP contribution in [0.1, 0.15) is 6.42 Å². The van der Waals surface area contributed by atoms with Gasteiger partial charge in [0.1, 0.15) is 20.6 Å². The maximum Gasteiger partial charge on any atom is 0.300 e. The summed E-state index contributed by atoms with van der Waals surface area (Å²) in [7, 11) is 0. The number of nitrogens with one attached hydrogen (secondary N) is 1. The first-order valence-corrected chi connectivity index (χ1v) is 10.4. The number of carbonyl (C=O) groups excluding carboxylic acids is 2. The van der Waals surface area contributed by atoms with Crippen LogP contribution in [-0.4, -0.2) is 45.5 Å². The monoisotopic (exact) mass is 548 g/mol. The number of halogens is 6. The highest BCUT2D eigenvalue weighted by Gasteiger charge is 2.88. The number of nitro groups is 2. The molecule has 164 valence electrons. The normalized spacial score (nSPS) is 33.2. The number of ketones is 1. The Bertz CT molecular complexity index is 1160. The van der Waals surface area contributed by atoms with Crippen LogP contribution in [0, 0.1) is 20.2 Å². The van der Waals surface area contributed by atoms with Gasteiger partial charge in [0, 0.05) is 18.1 Å². The first kappa shape index (κ1) is 22.6. The van der Waals surface area contributed by atoms with E-state index >= 15 is 0 Å². The minimum Gasteiger partial charge on any atom is -0.294 e. The maximum absolute atomic E-state index is 13.2. The molecule has 0 saturated heterocycles. The van der Waals surface area contributed by atoms with Gasteiger partial charge in [0.25, 0.3) is 11.6 Å². The minimum atomic E-state index is -2.26. The predicted octanol–water partition coefficient (Wildman–Crippen LogP) is 4.22. The molecular weight excluding hydrogens is 545 g/mol. The number of carbonyl (C=O) groups is 2. The molecule has 1 aromatic carbocycles. The largest absolute Gasteiger partial charge is 0.300 e. The highest BCUT2D eigenvalue weighted by atomic mass is 35.5. The topological polar surface area (TPSA) is 136 Å². The highest BCUT2D eigenvalue weighted by Crippen LogP contribution is 2.74. The number of benzene rings is 1. The van der Waals surface area contributed by atoms with Gasteiger partial charge in [-0.3, -0.25) is 35.2 Å². The fourth-order valence-corrected chi connectivity index (χ4v) is 6.89. The van der Waals surface area contributed by atoms with Crippen molar-refractivity contribution in [3.05, 3.63) is 49.2 Å². The van der Waals surface area contributed by atoms with Crippen LogP contribution in [0.4, 0.5) is 17.1 Å². The number of fused-ring (bicyclic) bond motifs is 5. The molecule has 1 amide bonds. The Labute approximate surface area is 202 Å². The zero-order valence-electron chi connectivity index (χ0n) is 14.5. The second kappa shape index (κ2) is 6.49. The van der Waals surface area contributed by atoms with Crippen LogP contribution < -0.4 is 5.43 Å². The van der Waals surface area contributed by atoms with E-state index in [1.807, 2.05) is 0 Å². The van der Waals surface area contributed by atoms with E-state index in [0.29, 0.717) is 11.1 Å². The Balaban J connectivity index is 1.84. The average molecular weight is 551 g/mol. The molecule has 2 aliphatic carbocycles. The fraction of sp³-hybridized carbons (Fsp3) is 0.333. The van der Waals surface area contributed by atoms with Crippen molar-refractivity contribution >= 4 is 98.4 Å². The zero-order valence-corrected chi connectivity index (χ0v) is 19.0. The lowest BCUT2D eigenvalue weighted by molar-refractivity contribution is -0.393. The van der Waals surface area contributed by atoms with Gasteiger partial charge < -0.3 is 0 Å². The van der Waals surface area contributed by atoms with Crippen molar-refractivity contribution in [3.63, 3.8) is 0 Å². The second-order valence-corrected chi connectivity index (χ2v) is 10.5. The van der Waals surface area contributed by atoms with Gasteiger partial charge in [0.2, 0.25) is 4.33 Å². The number of rotatable bonds is 4. The quantitative estimate of drug-likeness (QED) is 0.256.